The average Bonchev–Trinajstić information content (AvgIpc) is 3.00. The van der Waals surface area contributed by atoms with E-state index in [0.29, 0.717) is 4.58 Å². The van der Waals surface area contributed by atoms with E-state index < -0.39 is 5.54 Å². The summed E-state index contributed by atoms with van der Waals surface area (Å²) in [6, 6.07) is 54.1. The monoisotopic (exact) mass is 531 g/mol. The topological polar surface area (TPSA) is 12.0 Å². The van der Waals surface area contributed by atoms with E-state index in [1.54, 1.807) is 0 Å². The highest BCUT2D eigenvalue weighted by Crippen LogP contribution is 2.39. The van der Waals surface area contributed by atoms with Crippen molar-refractivity contribution in [2.45, 2.75) is 32.8 Å². The summed E-state index contributed by atoms with van der Waals surface area (Å²) in [5, 5.41) is 4.05. The predicted octanol–water partition coefficient (Wildman–Crippen LogP) is 9.26. The van der Waals surface area contributed by atoms with Crippen molar-refractivity contribution in [3.05, 3.63) is 168 Å². The maximum atomic E-state index is 4.05. The first-order valence-corrected chi connectivity index (χ1v) is 15.0. The first-order valence-electron chi connectivity index (χ1n) is 13.2. The molecule has 0 unspecified atom stereocenters. The van der Waals surface area contributed by atoms with E-state index in [1.165, 1.54) is 26.5 Å². The first-order chi connectivity index (χ1) is 18.8. The van der Waals surface area contributed by atoms with E-state index >= 15 is 0 Å². The molecule has 0 aliphatic carbocycles. The molecular weight excluding hydrogens is 499 g/mol. The van der Waals surface area contributed by atoms with E-state index in [-0.39, 0.29) is 0 Å². The van der Waals surface area contributed by atoms with Crippen LogP contribution in [0, 0.1) is 0 Å². The summed E-state index contributed by atoms with van der Waals surface area (Å²) in [7, 11) is 0. The maximum absolute atomic E-state index is 4.05. The molecule has 0 amide bonds. The lowest BCUT2D eigenvalue weighted by Gasteiger charge is -2.37. The van der Waals surface area contributed by atoms with Crippen molar-refractivity contribution in [2.75, 3.05) is 6.54 Å². The van der Waals surface area contributed by atoms with Gasteiger partial charge in [-0.2, -0.15) is 0 Å². The largest absolute Gasteiger partial charge is 0.300 e. The molecule has 0 saturated heterocycles. The van der Waals surface area contributed by atoms with Crippen molar-refractivity contribution in [1.82, 2.24) is 5.32 Å². The standard InChI is InChI=1S/C35H33NS2/c1-6-17-29(18-7-1)35(30-19-8-2-9-20-30,31-21-10-3-11-22-31)36-28-16-27-34(37-32-23-12-4-13-24-32)38-33-25-14-5-15-26-33/h1-15,17-26,34,36H,16,27-28H2. The van der Waals surface area contributed by atoms with E-state index in [9.17, 15) is 0 Å². The van der Waals surface area contributed by atoms with Crippen LogP contribution in [0.3, 0.4) is 0 Å². The fourth-order valence-corrected chi connectivity index (χ4v) is 7.52. The number of benzene rings is 5. The van der Waals surface area contributed by atoms with Gasteiger partial charge in [-0.3, -0.25) is 5.32 Å². The van der Waals surface area contributed by atoms with Crippen molar-refractivity contribution < 1.29 is 0 Å². The Bertz CT molecular complexity index is 1210. The molecule has 0 aliphatic heterocycles. The van der Waals surface area contributed by atoms with Crippen LogP contribution in [0.4, 0.5) is 0 Å². The quantitative estimate of drug-likeness (QED) is 0.0746. The van der Waals surface area contributed by atoms with Gasteiger partial charge in [-0.25, -0.2) is 0 Å². The van der Waals surface area contributed by atoms with Crippen molar-refractivity contribution in [2.24, 2.45) is 0 Å². The van der Waals surface area contributed by atoms with E-state index in [0.717, 1.165) is 19.4 Å². The Morgan fingerprint density at radius 3 is 1.18 bits per heavy atom. The SMILES string of the molecule is c1ccc(SC(CCCNC(c2ccccc2)(c2ccccc2)c2ccccc2)Sc2ccccc2)cc1. The van der Waals surface area contributed by atoms with Crippen LogP contribution in [0.25, 0.3) is 0 Å². The molecule has 0 radical (unpaired) electrons. The van der Waals surface area contributed by atoms with E-state index in [4.69, 9.17) is 0 Å². The molecule has 5 aromatic carbocycles. The second-order valence-electron chi connectivity index (χ2n) is 9.21. The van der Waals surface area contributed by atoms with Crippen molar-refractivity contribution in [1.29, 1.82) is 0 Å². The molecular formula is C35H33NS2. The third-order valence-corrected chi connectivity index (χ3v) is 9.31. The van der Waals surface area contributed by atoms with Gasteiger partial charge in [0, 0.05) is 9.79 Å². The minimum Gasteiger partial charge on any atom is -0.300 e. The fourth-order valence-electron chi connectivity index (χ4n) is 4.86. The molecule has 1 nitrogen and oxygen atoms in total. The molecule has 5 rings (SSSR count). The molecule has 5 aromatic rings. The molecule has 0 aliphatic rings. The highest BCUT2D eigenvalue weighted by molar-refractivity contribution is 8.17. The molecule has 0 bridgehead atoms. The van der Waals surface area contributed by atoms with Gasteiger partial charge in [-0.05, 0) is 60.3 Å². The van der Waals surface area contributed by atoms with Crippen LogP contribution in [-0.2, 0) is 5.54 Å². The third-order valence-electron chi connectivity index (χ3n) is 6.65. The van der Waals surface area contributed by atoms with Gasteiger partial charge in [-0.15, -0.1) is 23.5 Å². The second-order valence-corrected chi connectivity index (χ2v) is 12.1. The summed E-state index contributed by atoms with van der Waals surface area (Å²) >= 11 is 3.93. The van der Waals surface area contributed by atoms with E-state index in [1.807, 2.05) is 23.5 Å². The zero-order chi connectivity index (χ0) is 25.9. The first kappa shape index (κ1) is 26.4. The molecule has 38 heavy (non-hydrogen) atoms. The fraction of sp³-hybridized carbons (Fsp3) is 0.143. The Hall–Kier alpha value is -3.24. The number of nitrogens with one attached hydrogen (secondary N) is 1. The summed E-state index contributed by atoms with van der Waals surface area (Å²) < 4.78 is 0.432. The highest BCUT2D eigenvalue weighted by Gasteiger charge is 2.35. The lowest BCUT2D eigenvalue weighted by molar-refractivity contribution is 0.463. The normalized spacial score (nSPS) is 11.5. The van der Waals surface area contributed by atoms with Crippen LogP contribution < -0.4 is 5.32 Å². The van der Waals surface area contributed by atoms with Gasteiger partial charge in [0.2, 0.25) is 0 Å². The molecule has 3 heteroatoms. The maximum Gasteiger partial charge on any atom is 0.0947 e. The number of hydrogen-bond donors (Lipinski definition) is 1. The molecule has 0 fully saturated rings. The van der Waals surface area contributed by atoms with Crippen molar-refractivity contribution in [3.63, 3.8) is 0 Å². The Balaban J connectivity index is 1.38. The lowest BCUT2D eigenvalue weighted by Crippen LogP contribution is -2.45. The van der Waals surface area contributed by atoms with Gasteiger partial charge in [-0.1, -0.05) is 127 Å². The zero-order valence-corrected chi connectivity index (χ0v) is 23.1. The average molecular weight is 532 g/mol. The third kappa shape index (κ3) is 6.60. The zero-order valence-electron chi connectivity index (χ0n) is 21.4. The summed E-state index contributed by atoms with van der Waals surface area (Å²) in [6.07, 6.45) is 2.17. The Labute approximate surface area is 235 Å². The van der Waals surface area contributed by atoms with E-state index in [2.05, 4.69) is 157 Å². The van der Waals surface area contributed by atoms with Crippen LogP contribution >= 0.6 is 23.5 Å². The van der Waals surface area contributed by atoms with Gasteiger partial charge in [0.1, 0.15) is 0 Å². The van der Waals surface area contributed by atoms with Crippen LogP contribution in [0.15, 0.2) is 161 Å². The van der Waals surface area contributed by atoms with Gasteiger partial charge in [0.15, 0.2) is 0 Å². The summed E-state index contributed by atoms with van der Waals surface area (Å²) in [4.78, 5) is 2.64. The second kappa shape index (κ2) is 13.5. The van der Waals surface area contributed by atoms with Gasteiger partial charge < -0.3 is 0 Å². The number of rotatable bonds is 12. The van der Waals surface area contributed by atoms with Crippen molar-refractivity contribution >= 4 is 23.5 Å². The minimum absolute atomic E-state index is 0.418. The molecule has 0 spiro atoms. The lowest BCUT2D eigenvalue weighted by atomic mass is 9.77. The molecule has 190 valence electrons. The molecule has 0 aromatic heterocycles. The van der Waals surface area contributed by atoms with Crippen LogP contribution in [0.1, 0.15) is 29.5 Å². The molecule has 0 atom stereocenters. The Kier molecular flexibility index (Phi) is 9.39. The van der Waals surface area contributed by atoms with Crippen LogP contribution in [0.5, 0.6) is 0 Å². The van der Waals surface area contributed by atoms with Crippen LogP contribution in [0.2, 0.25) is 0 Å². The summed E-state index contributed by atoms with van der Waals surface area (Å²) in [5.41, 5.74) is 3.35. The van der Waals surface area contributed by atoms with Gasteiger partial charge >= 0.3 is 0 Å². The molecule has 0 saturated carbocycles. The minimum atomic E-state index is -0.418. The van der Waals surface area contributed by atoms with Crippen molar-refractivity contribution in [3.8, 4) is 0 Å². The highest BCUT2D eigenvalue weighted by atomic mass is 32.2. The number of thioether (sulfide) groups is 2. The molecule has 1 N–H and O–H groups in total. The predicted molar refractivity (Wildman–Crippen MR) is 165 cm³/mol. The summed E-state index contributed by atoms with van der Waals surface area (Å²) in [6.45, 7) is 0.903. The Morgan fingerprint density at radius 1 is 0.474 bits per heavy atom. The van der Waals surface area contributed by atoms with Gasteiger partial charge in [0.05, 0.1) is 10.1 Å². The van der Waals surface area contributed by atoms with Crippen LogP contribution in [-0.4, -0.2) is 11.1 Å². The summed E-state index contributed by atoms with van der Waals surface area (Å²) in [5.74, 6) is 0. The van der Waals surface area contributed by atoms with Gasteiger partial charge in [0.25, 0.3) is 0 Å². The Morgan fingerprint density at radius 2 is 0.816 bits per heavy atom. The smallest absolute Gasteiger partial charge is 0.0947 e. The molecule has 0 heterocycles. The number of hydrogen-bond acceptors (Lipinski definition) is 3.